The first-order valence-corrected chi connectivity index (χ1v) is 11.3. The Bertz CT molecular complexity index is 938. The minimum absolute atomic E-state index is 0.0254. The monoisotopic (exact) mass is 406 g/mol. The van der Waals surface area contributed by atoms with Crippen LogP contribution in [0.15, 0.2) is 52.3 Å². The molecular formula is C19H22N2O4S2. The van der Waals surface area contributed by atoms with Crippen LogP contribution in [0, 0.1) is 0 Å². The van der Waals surface area contributed by atoms with Gasteiger partial charge in [0.2, 0.25) is 10.0 Å². The van der Waals surface area contributed by atoms with Crippen LogP contribution in [0.25, 0.3) is 0 Å². The van der Waals surface area contributed by atoms with E-state index in [2.05, 4.69) is 5.32 Å². The van der Waals surface area contributed by atoms with Crippen molar-refractivity contribution in [3.63, 3.8) is 0 Å². The van der Waals surface area contributed by atoms with Crippen molar-refractivity contribution in [2.45, 2.75) is 22.6 Å². The summed E-state index contributed by atoms with van der Waals surface area (Å²) in [6.45, 7) is 0.979. The number of carbonyl (C=O) groups is 1. The lowest BCUT2D eigenvalue weighted by molar-refractivity contribution is 0.102. The minimum Gasteiger partial charge on any atom is -0.495 e. The molecule has 1 N–H and O–H groups in total. The summed E-state index contributed by atoms with van der Waals surface area (Å²) in [6.07, 6.45) is 3.64. The van der Waals surface area contributed by atoms with E-state index in [0.717, 1.165) is 17.7 Å². The first-order chi connectivity index (χ1) is 13.0. The Morgan fingerprint density at radius 2 is 1.89 bits per heavy atom. The zero-order chi connectivity index (χ0) is 19.4. The maximum absolute atomic E-state index is 12.9. The summed E-state index contributed by atoms with van der Waals surface area (Å²) in [6, 6.07) is 12.0. The SMILES string of the molecule is COc1ccc(C(=O)Nc2cccc(SC)c2)cc1S(=O)(=O)N1CCCC1. The van der Waals surface area contributed by atoms with Crippen LogP contribution in [0.5, 0.6) is 5.75 Å². The molecule has 0 aromatic heterocycles. The van der Waals surface area contributed by atoms with E-state index in [-0.39, 0.29) is 22.1 Å². The molecule has 3 rings (SSSR count). The summed E-state index contributed by atoms with van der Waals surface area (Å²) in [4.78, 5) is 13.7. The fourth-order valence-electron chi connectivity index (χ4n) is 2.99. The molecule has 0 saturated carbocycles. The Balaban J connectivity index is 1.91. The number of nitrogens with zero attached hydrogens (tertiary/aromatic N) is 1. The molecule has 0 aliphatic carbocycles. The molecule has 2 aromatic rings. The van der Waals surface area contributed by atoms with Gasteiger partial charge in [-0.3, -0.25) is 4.79 Å². The second-order valence-electron chi connectivity index (χ2n) is 6.16. The van der Waals surface area contributed by atoms with Crippen LogP contribution in [-0.4, -0.2) is 45.1 Å². The number of amides is 1. The average Bonchev–Trinajstić information content (AvgIpc) is 3.23. The number of hydrogen-bond donors (Lipinski definition) is 1. The number of ether oxygens (including phenoxy) is 1. The standard InChI is InChI=1S/C19H22N2O4S2/c1-25-17-9-8-14(12-18(17)27(23,24)21-10-3-4-11-21)19(22)20-15-6-5-7-16(13-15)26-2/h5-9,12-13H,3-4,10-11H2,1-2H3,(H,20,22). The van der Waals surface area contributed by atoms with Crippen molar-refractivity contribution in [3.8, 4) is 5.75 Å². The zero-order valence-electron chi connectivity index (χ0n) is 15.3. The van der Waals surface area contributed by atoms with E-state index in [0.29, 0.717) is 18.8 Å². The molecule has 1 fully saturated rings. The Kier molecular flexibility index (Phi) is 6.08. The third-order valence-electron chi connectivity index (χ3n) is 4.44. The second-order valence-corrected chi connectivity index (χ2v) is 8.95. The van der Waals surface area contributed by atoms with E-state index < -0.39 is 10.0 Å². The van der Waals surface area contributed by atoms with Crippen molar-refractivity contribution in [1.82, 2.24) is 4.31 Å². The quantitative estimate of drug-likeness (QED) is 0.744. The van der Waals surface area contributed by atoms with Crippen molar-refractivity contribution in [2.75, 3.05) is 31.8 Å². The van der Waals surface area contributed by atoms with Crippen LogP contribution >= 0.6 is 11.8 Å². The number of rotatable bonds is 6. The summed E-state index contributed by atoms with van der Waals surface area (Å²) in [5, 5.41) is 2.82. The van der Waals surface area contributed by atoms with E-state index in [4.69, 9.17) is 4.74 Å². The Morgan fingerprint density at radius 1 is 1.15 bits per heavy atom. The van der Waals surface area contributed by atoms with Crippen LogP contribution in [0.4, 0.5) is 5.69 Å². The molecule has 1 aliphatic rings. The van der Waals surface area contributed by atoms with Crippen molar-refractivity contribution < 1.29 is 17.9 Å². The number of anilines is 1. The fraction of sp³-hybridized carbons (Fsp3) is 0.316. The molecule has 144 valence electrons. The molecule has 1 heterocycles. The molecule has 1 amide bonds. The molecule has 0 unspecified atom stereocenters. The third kappa shape index (κ3) is 4.28. The molecule has 1 aliphatic heterocycles. The largest absolute Gasteiger partial charge is 0.495 e. The van der Waals surface area contributed by atoms with Gasteiger partial charge in [-0.25, -0.2) is 8.42 Å². The number of methoxy groups -OCH3 is 1. The molecule has 0 radical (unpaired) electrons. The lowest BCUT2D eigenvalue weighted by atomic mass is 10.2. The van der Waals surface area contributed by atoms with Crippen molar-refractivity contribution in [2.24, 2.45) is 0 Å². The highest BCUT2D eigenvalue weighted by molar-refractivity contribution is 7.98. The Morgan fingerprint density at radius 3 is 2.56 bits per heavy atom. The summed E-state index contributed by atoms with van der Waals surface area (Å²) in [5.74, 6) is -0.128. The second kappa shape index (κ2) is 8.33. The predicted molar refractivity (Wildman–Crippen MR) is 107 cm³/mol. The van der Waals surface area contributed by atoms with Crippen LogP contribution in [0.3, 0.4) is 0 Å². The molecule has 8 heteroatoms. The van der Waals surface area contributed by atoms with Crippen molar-refractivity contribution in [1.29, 1.82) is 0 Å². The molecule has 1 saturated heterocycles. The molecule has 0 atom stereocenters. The van der Waals surface area contributed by atoms with E-state index in [9.17, 15) is 13.2 Å². The molecule has 0 bridgehead atoms. The van der Waals surface area contributed by atoms with E-state index >= 15 is 0 Å². The number of sulfonamides is 1. The number of benzene rings is 2. The van der Waals surface area contributed by atoms with Crippen LogP contribution < -0.4 is 10.1 Å². The average molecular weight is 407 g/mol. The van der Waals surface area contributed by atoms with Gasteiger partial charge >= 0.3 is 0 Å². The van der Waals surface area contributed by atoms with E-state index in [1.807, 2.05) is 24.5 Å². The van der Waals surface area contributed by atoms with Crippen molar-refractivity contribution >= 4 is 33.4 Å². The smallest absolute Gasteiger partial charge is 0.255 e. The first kappa shape index (κ1) is 19.7. The Labute approximate surface area is 164 Å². The minimum atomic E-state index is -3.70. The summed E-state index contributed by atoms with van der Waals surface area (Å²) in [7, 11) is -2.27. The van der Waals surface area contributed by atoms with Crippen LogP contribution in [0.1, 0.15) is 23.2 Å². The van der Waals surface area contributed by atoms with Crippen LogP contribution in [0.2, 0.25) is 0 Å². The number of thioether (sulfide) groups is 1. The van der Waals surface area contributed by atoms with Crippen molar-refractivity contribution in [3.05, 3.63) is 48.0 Å². The lowest BCUT2D eigenvalue weighted by Gasteiger charge is -2.18. The van der Waals surface area contributed by atoms with Gasteiger partial charge in [-0.15, -0.1) is 11.8 Å². The molecule has 2 aromatic carbocycles. The molecule has 0 spiro atoms. The van der Waals surface area contributed by atoms with E-state index in [1.54, 1.807) is 23.9 Å². The summed E-state index contributed by atoms with van der Waals surface area (Å²) >= 11 is 1.58. The normalized spacial score (nSPS) is 14.9. The zero-order valence-corrected chi connectivity index (χ0v) is 16.9. The van der Waals surface area contributed by atoms with Gasteiger partial charge in [0.15, 0.2) is 0 Å². The number of carbonyl (C=O) groups excluding carboxylic acids is 1. The van der Waals surface area contributed by atoms with Gasteiger partial charge in [-0.05, 0) is 55.5 Å². The number of hydrogen-bond acceptors (Lipinski definition) is 5. The van der Waals surface area contributed by atoms with Gasteiger partial charge in [-0.2, -0.15) is 4.31 Å². The highest BCUT2D eigenvalue weighted by Crippen LogP contribution is 2.30. The predicted octanol–water partition coefficient (Wildman–Crippen LogP) is 3.45. The Hall–Kier alpha value is -2.03. The van der Waals surface area contributed by atoms with Gasteiger partial charge in [-0.1, -0.05) is 6.07 Å². The maximum Gasteiger partial charge on any atom is 0.255 e. The summed E-state index contributed by atoms with van der Waals surface area (Å²) in [5.41, 5.74) is 0.926. The van der Waals surface area contributed by atoms with Crippen LogP contribution in [-0.2, 0) is 10.0 Å². The lowest BCUT2D eigenvalue weighted by Crippen LogP contribution is -2.28. The first-order valence-electron chi connectivity index (χ1n) is 8.59. The van der Waals surface area contributed by atoms with Gasteiger partial charge < -0.3 is 10.1 Å². The van der Waals surface area contributed by atoms with Gasteiger partial charge in [0, 0.05) is 29.2 Å². The van der Waals surface area contributed by atoms with Gasteiger partial charge in [0.25, 0.3) is 5.91 Å². The fourth-order valence-corrected chi connectivity index (χ4v) is 5.15. The topological polar surface area (TPSA) is 75.7 Å². The van der Waals surface area contributed by atoms with Gasteiger partial charge in [0.05, 0.1) is 7.11 Å². The summed E-state index contributed by atoms with van der Waals surface area (Å²) < 4.78 is 32.6. The van der Waals surface area contributed by atoms with Gasteiger partial charge in [0.1, 0.15) is 10.6 Å². The highest BCUT2D eigenvalue weighted by atomic mass is 32.2. The van der Waals surface area contributed by atoms with E-state index in [1.165, 1.54) is 23.5 Å². The maximum atomic E-state index is 12.9. The highest BCUT2D eigenvalue weighted by Gasteiger charge is 2.30. The number of nitrogens with one attached hydrogen (secondary N) is 1. The third-order valence-corrected chi connectivity index (χ3v) is 7.08. The molecular weight excluding hydrogens is 384 g/mol. The molecule has 6 nitrogen and oxygen atoms in total. The molecule has 27 heavy (non-hydrogen) atoms.